The highest BCUT2D eigenvalue weighted by Gasteiger charge is 2.68. The topological polar surface area (TPSA) is 72.8 Å². The van der Waals surface area contributed by atoms with Gasteiger partial charge in [-0.3, -0.25) is 4.79 Å². The summed E-state index contributed by atoms with van der Waals surface area (Å²) in [5.74, 6) is -6.74. The smallest absolute Gasteiger partial charge is 0.377 e. The highest BCUT2D eigenvalue weighted by atomic mass is 19.3. The fourth-order valence-electron chi connectivity index (χ4n) is 3.77. The van der Waals surface area contributed by atoms with Crippen LogP contribution in [0.2, 0.25) is 0 Å². The summed E-state index contributed by atoms with van der Waals surface area (Å²) in [6, 6.07) is 0. The van der Waals surface area contributed by atoms with Crippen molar-refractivity contribution in [2.24, 2.45) is 23.7 Å². The number of hydrogen-bond acceptors (Lipinski definition) is 5. The normalized spacial score (nSPS) is 43.5. The van der Waals surface area contributed by atoms with Crippen molar-refractivity contribution in [2.75, 3.05) is 6.61 Å². The first-order chi connectivity index (χ1) is 8.84. The maximum atomic E-state index is 12.9. The fourth-order valence-corrected chi connectivity index (χ4v) is 3.77. The minimum atomic E-state index is -3.57. The van der Waals surface area contributed by atoms with Crippen molar-refractivity contribution in [3.63, 3.8) is 0 Å². The molecule has 1 saturated heterocycles. The number of esters is 2. The molecular formula is C12H14F2O5. The standard InChI is InChI=1S/C12H14F2O5/c1-12(13,14)11(17)19-8-4-2-5-7(6(4)3-15)10(16)18-9(5)8/h4-9,15H,2-3H2,1H3. The Hall–Kier alpha value is -1.24. The predicted octanol–water partition coefficient (Wildman–Crippen LogP) is 0.353. The van der Waals surface area contributed by atoms with Crippen molar-refractivity contribution < 1.29 is 33.0 Å². The summed E-state index contributed by atoms with van der Waals surface area (Å²) in [5, 5.41) is 9.34. The van der Waals surface area contributed by atoms with Gasteiger partial charge in [-0.15, -0.1) is 0 Å². The van der Waals surface area contributed by atoms with E-state index in [4.69, 9.17) is 9.47 Å². The average molecular weight is 276 g/mol. The molecule has 2 bridgehead atoms. The maximum Gasteiger partial charge on any atom is 0.377 e. The Morgan fingerprint density at radius 2 is 2.21 bits per heavy atom. The van der Waals surface area contributed by atoms with Gasteiger partial charge in [0.05, 0.1) is 5.92 Å². The number of aliphatic hydroxyl groups excluding tert-OH is 1. The quantitative estimate of drug-likeness (QED) is 0.753. The van der Waals surface area contributed by atoms with Gasteiger partial charge in [-0.1, -0.05) is 0 Å². The zero-order valence-electron chi connectivity index (χ0n) is 10.2. The first-order valence-corrected chi connectivity index (χ1v) is 6.25. The van der Waals surface area contributed by atoms with Crippen LogP contribution in [0, 0.1) is 23.7 Å². The lowest BCUT2D eigenvalue weighted by Crippen LogP contribution is -2.44. The molecule has 6 unspecified atom stereocenters. The van der Waals surface area contributed by atoms with Gasteiger partial charge in [-0.2, -0.15) is 8.78 Å². The van der Waals surface area contributed by atoms with Crippen molar-refractivity contribution in [3.05, 3.63) is 0 Å². The molecule has 7 heteroatoms. The maximum absolute atomic E-state index is 12.9. The summed E-state index contributed by atoms with van der Waals surface area (Å²) in [7, 11) is 0. The molecule has 5 nitrogen and oxygen atoms in total. The number of alkyl halides is 2. The molecule has 2 aliphatic carbocycles. The van der Waals surface area contributed by atoms with Crippen molar-refractivity contribution in [2.45, 2.75) is 31.5 Å². The van der Waals surface area contributed by atoms with Gasteiger partial charge >= 0.3 is 17.9 Å². The van der Waals surface area contributed by atoms with Crippen LogP contribution in [0.3, 0.4) is 0 Å². The third-order valence-corrected chi connectivity index (χ3v) is 4.52. The molecule has 3 aliphatic rings. The third kappa shape index (κ3) is 1.67. The lowest BCUT2D eigenvalue weighted by atomic mass is 9.79. The van der Waals surface area contributed by atoms with Crippen molar-refractivity contribution in [1.29, 1.82) is 0 Å². The van der Waals surface area contributed by atoms with Gasteiger partial charge in [0.25, 0.3) is 0 Å². The van der Waals surface area contributed by atoms with Crippen LogP contribution in [-0.2, 0) is 19.1 Å². The monoisotopic (exact) mass is 276 g/mol. The average Bonchev–Trinajstić information content (AvgIpc) is 2.90. The SMILES string of the molecule is CC(F)(F)C(=O)OC1C2CC3C1OC(=O)C3C2CO. The molecule has 2 saturated carbocycles. The Kier molecular flexibility index (Phi) is 2.61. The summed E-state index contributed by atoms with van der Waals surface area (Å²) < 4.78 is 35.7. The number of ether oxygens (including phenoxy) is 2. The molecule has 19 heavy (non-hydrogen) atoms. The lowest BCUT2D eigenvalue weighted by Gasteiger charge is -2.30. The van der Waals surface area contributed by atoms with E-state index in [0.29, 0.717) is 13.3 Å². The van der Waals surface area contributed by atoms with E-state index in [1.807, 2.05) is 0 Å². The number of aliphatic hydroxyl groups is 1. The van der Waals surface area contributed by atoms with E-state index in [1.165, 1.54) is 0 Å². The highest BCUT2D eigenvalue weighted by Crippen LogP contribution is 2.58. The number of halogens is 2. The molecule has 3 fully saturated rings. The Bertz CT molecular complexity index is 432. The molecule has 6 atom stereocenters. The second kappa shape index (κ2) is 3.88. The zero-order valence-corrected chi connectivity index (χ0v) is 10.2. The van der Waals surface area contributed by atoms with E-state index in [-0.39, 0.29) is 30.3 Å². The lowest BCUT2D eigenvalue weighted by molar-refractivity contribution is -0.185. The van der Waals surface area contributed by atoms with E-state index in [0.717, 1.165) is 0 Å². The van der Waals surface area contributed by atoms with Crippen LogP contribution >= 0.6 is 0 Å². The van der Waals surface area contributed by atoms with Crippen LogP contribution in [0.1, 0.15) is 13.3 Å². The minimum absolute atomic E-state index is 0.127. The fraction of sp³-hybridized carbons (Fsp3) is 0.833. The molecule has 106 valence electrons. The molecule has 1 heterocycles. The van der Waals surface area contributed by atoms with Gasteiger partial charge in [0.1, 0.15) is 12.2 Å². The molecule has 0 aromatic carbocycles. The second-order valence-corrected chi connectivity index (χ2v) is 5.60. The summed E-state index contributed by atoms with van der Waals surface area (Å²) in [4.78, 5) is 22.9. The van der Waals surface area contributed by atoms with Gasteiger partial charge in [-0.25, -0.2) is 4.79 Å². The van der Waals surface area contributed by atoms with E-state index in [1.54, 1.807) is 0 Å². The number of hydrogen-bond donors (Lipinski definition) is 1. The largest absolute Gasteiger partial charge is 0.458 e. The number of rotatable bonds is 3. The van der Waals surface area contributed by atoms with Gasteiger partial charge in [-0.05, 0) is 6.42 Å². The van der Waals surface area contributed by atoms with E-state index >= 15 is 0 Å². The van der Waals surface area contributed by atoms with Crippen LogP contribution in [0.25, 0.3) is 0 Å². The Morgan fingerprint density at radius 1 is 1.53 bits per heavy atom. The van der Waals surface area contributed by atoms with Crippen LogP contribution in [0.5, 0.6) is 0 Å². The van der Waals surface area contributed by atoms with Crippen molar-refractivity contribution in [3.8, 4) is 0 Å². The Morgan fingerprint density at radius 3 is 2.79 bits per heavy atom. The molecule has 0 aromatic heterocycles. The van der Waals surface area contributed by atoms with Crippen LogP contribution in [0.15, 0.2) is 0 Å². The van der Waals surface area contributed by atoms with Gasteiger partial charge in [0.2, 0.25) is 0 Å². The Labute approximate surface area is 107 Å². The van der Waals surface area contributed by atoms with E-state index in [2.05, 4.69) is 0 Å². The first kappa shape index (κ1) is 12.8. The highest BCUT2D eigenvalue weighted by molar-refractivity contribution is 5.79. The minimum Gasteiger partial charge on any atom is -0.458 e. The van der Waals surface area contributed by atoms with Crippen LogP contribution in [0.4, 0.5) is 8.78 Å². The van der Waals surface area contributed by atoms with E-state index in [9.17, 15) is 23.5 Å². The number of carbonyl (C=O) groups is 2. The molecule has 0 spiro atoms. The third-order valence-electron chi connectivity index (χ3n) is 4.52. The Balaban J connectivity index is 1.81. The zero-order chi connectivity index (χ0) is 13.9. The number of carbonyl (C=O) groups excluding carboxylic acids is 2. The summed E-state index contributed by atoms with van der Waals surface area (Å²) in [6.07, 6.45) is -0.917. The second-order valence-electron chi connectivity index (χ2n) is 5.60. The summed E-state index contributed by atoms with van der Waals surface area (Å²) >= 11 is 0. The summed E-state index contributed by atoms with van der Waals surface area (Å²) in [5.41, 5.74) is 0. The first-order valence-electron chi connectivity index (χ1n) is 6.25. The van der Waals surface area contributed by atoms with Crippen LogP contribution < -0.4 is 0 Å². The van der Waals surface area contributed by atoms with Gasteiger partial charge in [0.15, 0.2) is 0 Å². The van der Waals surface area contributed by atoms with E-state index < -0.39 is 30.1 Å². The molecule has 3 rings (SSSR count). The van der Waals surface area contributed by atoms with Crippen LogP contribution in [-0.4, -0.2) is 41.8 Å². The molecule has 0 aromatic rings. The molecule has 1 N–H and O–H groups in total. The predicted molar refractivity (Wildman–Crippen MR) is 56.0 cm³/mol. The molecule has 0 amide bonds. The van der Waals surface area contributed by atoms with Crippen molar-refractivity contribution >= 4 is 11.9 Å². The van der Waals surface area contributed by atoms with Gasteiger partial charge < -0.3 is 14.6 Å². The molecule has 1 aliphatic heterocycles. The van der Waals surface area contributed by atoms with Gasteiger partial charge in [0, 0.05) is 31.3 Å². The molecular weight excluding hydrogens is 262 g/mol. The van der Waals surface area contributed by atoms with Crippen molar-refractivity contribution in [1.82, 2.24) is 0 Å². The molecule has 0 radical (unpaired) electrons. The number of fused-ring (bicyclic) bond motifs is 1. The summed E-state index contributed by atoms with van der Waals surface area (Å²) in [6.45, 7) is 0.236.